The predicted octanol–water partition coefficient (Wildman–Crippen LogP) is 1.43. The van der Waals surface area contributed by atoms with Crippen LogP contribution in [0.2, 0.25) is 0 Å². The van der Waals surface area contributed by atoms with Gasteiger partial charge in [-0.25, -0.2) is 8.42 Å². The topological polar surface area (TPSA) is 71.4 Å². The molecule has 5 heteroatoms. The Morgan fingerprint density at radius 3 is 2.12 bits per heavy atom. The van der Waals surface area contributed by atoms with Crippen LogP contribution in [0.4, 0.5) is 0 Å². The molecule has 0 aromatic heterocycles. The number of benzene rings is 1. The van der Waals surface area contributed by atoms with E-state index in [1.807, 2.05) is 0 Å². The quantitative estimate of drug-likeness (QED) is 0.827. The van der Waals surface area contributed by atoms with E-state index in [1.54, 1.807) is 6.92 Å². The van der Waals surface area contributed by atoms with Gasteiger partial charge in [0.25, 0.3) is 0 Å². The lowest BCUT2D eigenvalue weighted by atomic mass is 9.92. The Balaban J connectivity index is 3.09. The Morgan fingerprint density at radius 1 is 1.29 bits per heavy atom. The monoisotopic (exact) mass is 256 g/mol. The first-order valence-electron chi connectivity index (χ1n) is 5.26. The highest BCUT2D eigenvalue weighted by molar-refractivity contribution is 7.90. The van der Waals surface area contributed by atoms with Crippen LogP contribution in [0, 0.1) is 0 Å². The number of sulfone groups is 1. The summed E-state index contributed by atoms with van der Waals surface area (Å²) in [7, 11) is -3.26. The minimum atomic E-state index is -3.26. The molecule has 0 radical (unpaired) electrons. The highest BCUT2D eigenvalue weighted by atomic mass is 32.2. The molecule has 0 unspecified atom stereocenters. The lowest BCUT2D eigenvalue weighted by Crippen LogP contribution is -2.34. The van der Waals surface area contributed by atoms with Crippen molar-refractivity contribution in [1.29, 1.82) is 0 Å². The van der Waals surface area contributed by atoms with Crippen molar-refractivity contribution in [2.45, 2.75) is 30.8 Å². The molecule has 0 saturated carbocycles. The summed E-state index contributed by atoms with van der Waals surface area (Å²) < 4.78 is 22.5. The summed E-state index contributed by atoms with van der Waals surface area (Å²) in [6, 6.07) is 5.58. The molecule has 0 bridgehead atoms. The molecule has 4 nitrogen and oxygen atoms in total. The van der Waals surface area contributed by atoms with Gasteiger partial charge in [0.15, 0.2) is 15.6 Å². The summed E-state index contributed by atoms with van der Waals surface area (Å²) >= 11 is 0. The number of rotatable bonds is 4. The standard InChI is InChI=1S/C12H16O4S/c1-4-12(2,14)11(13)9-5-7-10(8-6-9)17(3,15)16/h5-8,14H,4H2,1-3H3/t12-/m0/s1. The van der Waals surface area contributed by atoms with Crippen LogP contribution in [-0.2, 0) is 9.84 Å². The maximum Gasteiger partial charge on any atom is 0.194 e. The van der Waals surface area contributed by atoms with Gasteiger partial charge in [0, 0.05) is 11.8 Å². The lowest BCUT2D eigenvalue weighted by Gasteiger charge is -2.19. The third-order valence-electron chi connectivity index (χ3n) is 2.72. The van der Waals surface area contributed by atoms with Gasteiger partial charge in [0.05, 0.1) is 4.90 Å². The molecule has 0 amide bonds. The van der Waals surface area contributed by atoms with Gasteiger partial charge >= 0.3 is 0 Å². The van der Waals surface area contributed by atoms with Crippen molar-refractivity contribution in [1.82, 2.24) is 0 Å². The molecule has 1 aromatic carbocycles. The number of hydrogen-bond donors (Lipinski definition) is 1. The first-order chi connectivity index (χ1) is 7.68. The van der Waals surface area contributed by atoms with Crippen molar-refractivity contribution >= 4 is 15.6 Å². The largest absolute Gasteiger partial charge is 0.382 e. The van der Waals surface area contributed by atoms with E-state index in [4.69, 9.17) is 0 Å². The first-order valence-corrected chi connectivity index (χ1v) is 7.15. The van der Waals surface area contributed by atoms with Crippen LogP contribution in [-0.4, -0.2) is 31.2 Å². The highest BCUT2D eigenvalue weighted by Gasteiger charge is 2.28. The molecule has 1 aromatic rings. The molecule has 1 atom stereocenters. The molecule has 0 aliphatic heterocycles. The zero-order valence-corrected chi connectivity index (χ0v) is 10.9. The lowest BCUT2D eigenvalue weighted by molar-refractivity contribution is 0.0390. The molecule has 1 N–H and O–H groups in total. The second kappa shape index (κ2) is 4.58. The van der Waals surface area contributed by atoms with Crippen LogP contribution >= 0.6 is 0 Å². The summed E-state index contributed by atoms with van der Waals surface area (Å²) in [5, 5.41) is 9.81. The third-order valence-corrected chi connectivity index (χ3v) is 3.85. The Bertz CT molecular complexity index is 512. The maximum atomic E-state index is 11.9. The number of carbonyl (C=O) groups is 1. The molecule has 1 rings (SSSR count). The van der Waals surface area contributed by atoms with E-state index >= 15 is 0 Å². The Hall–Kier alpha value is -1.20. The fourth-order valence-corrected chi connectivity index (χ4v) is 1.96. The Morgan fingerprint density at radius 2 is 1.76 bits per heavy atom. The second-order valence-corrected chi connectivity index (χ2v) is 6.27. The summed E-state index contributed by atoms with van der Waals surface area (Å²) in [4.78, 5) is 12.0. The molecule has 17 heavy (non-hydrogen) atoms. The number of aliphatic hydroxyl groups is 1. The average Bonchev–Trinajstić information content (AvgIpc) is 2.27. The first kappa shape index (κ1) is 13.9. The van der Waals surface area contributed by atoms with Gasteiger partial charge < -0.3 is 5.11 Å². The predicted molar refractivity (Wildman–Crippen MR) is 64.8 cm³/mol. The molecular weight excluding hydrogens is 240 g/mol. The van der Waals surface area contributed by atoms with Gasteiger partial charge in [-0.05, 0) is 25.5 Å². The zero-order valence-electron chi connectivity index (χ0n) is 10.1. The number of ketones is 1. The minimum Gasteiger partial charge on any atom is -0.382 e. The normalized spacial score (nSPS) is 15.3. The maximum absolute atomic E-state index is 11.9. The molecule has 0 spiro atoms. The fraction of sp³-hybridized carbons (Fsp3) is 0.417. The summed E-state index contributed by atoms with van der Waals surface area (Å²) in [5.74, 6) is -0.403. The average molecular weight is 256 g/mol. The van der Waals surface area contributed by atoms with Crippen molar-refractivity contribution in [3.63, 3.8) is 0 Å². The van der Waals surface area contributed by atoms with E-state index < -0.39 is 21.2 Å². The number of hydrogen-bond acceptors (Lipinski definition) is 4. The van der Waals surface area contributed by atoms with Crippen LogP contribution in [0.5, 0.6) is 0 Å². The van der Waals surface area contributed by atoms with Crippen LogP contribution in [0.1, 0.15) is 30.6 Å². The van der Waals surface area contributed by atoms with Gasteiger partial charge in [-0.15, -0.1) is 0 Å². The van der Waals surface area contributed by atoms with Gasteiger partial charge in [0.2, 0.25) is 0 Å². The van der Waals surface area contributed by atoms with E-state index in [0.717, 1.165) is 6.26 Å². The smallest absolute Gasteiger partial charge is 0.194 e. The van der Waals surface area contributed by atoms with Gasteiger partial charge in [0.1, 0.15) is 5.60 Å². The van der Waals surface area contributed by atoms with E-state index in [9.17, 15) is 18.3 Å². The molecule has 0 fully saturated rings. The van der Waals surface area contributed by atoms with Crippen molar-refractivity contribution in [2.75, 3.05) is 6.26 Å². The fourth-order valence-electron chi connectivity index (χ4n) is 1.33. The molecule has 0 aliphatic carbocycles. The Kier molecular flexibility index (Phi) is 3.74. The molecule has 94 valence electrons. The summed E-state index contributed by atoms with van der Waals surface area (Å²) in [6.07, 6.45) is 1.41. The van der Waals surface area contributed by atoms with E-state index in [1.165, 1.54) is 31.2 Å². The molecule has 0 saturated heterocycles. The van der Waals surface area contributed by atoms with Crippen molar-refractivity contribution in [2.24, 2.45) is 0 Å². The Labute approximate surface area is 101 Å². The minimum absolute atomic E-state index is 0.158. The summed E-state index contributed by atoms with van der Waals surface area (Å²) in [6.45, 7) is 3.16. The van der Waals surface area contributed by atoms with Crippen molar-refractivity contribution in [3.05, 3.63) is 29.8 Å². The van der Waals surface area contributed by atoms with Gasteiger partial charge in [-0.2, -0.15) is 0 Å². The third kappa shape index (κ3) is 3.14. The molecule has 0 heterocycles. The molecule has 0 aliphatic rings. The van der Waals surface area contributed by atoms with E-state index in [2.05, 4.69) is 0 Å². The van der Waals surface area contributed by atoms with Crippen LogP contribution in [0.25, 0.3) is 0 Å². The highest BCUT2D eigenvalue weighted by Crippen LogP contribution is 2.18. The van der Waals surface area contributed by atoms with Crippen molar-refractivity contribution in [3.8, 4) is 0 Å². The number of Topliss-reactive ketones (excluding diaryl/α,β-unsaturated/α-hetero) is 1. The zero-order chi connectivity index (χ0) is 13.3. The van der Waals surface area contributed by atoms with Gasteiger partial charge in [-0.3, -0.25) is 4.79 Å². The van der Waals surface area contributed by atoms with Crippen molar-refractivity contribution < 1.29 is 18.3 Å². The summed E-state index contributed by atoms with van der Waals surface area (Å²) in [5.41, 5.74) is -1.10. The van der Waals surface area contributed by atoms with E-state index in [-0.39, 0.29) is 4.90 Å². The number of carbonyl (C=O) groups excluding carboxylic acids is 1. The second-order valence-electron chi connectivity index (χ2n) is 4.25. The molecular formula is C12H16O4S. The van der Waals surface area contributed by atoms with E-state index in [0.29, 0.717) is 12.0 Å². The SMILES string of the molecule is CC[C@](C)(O)C(=O)c1ccc(S(C)(=O)=O)cc1. The van der Waals surface area contributed by atoms with Crippen LogP contribution in [0.3, 0.4) is 0 Å². The van der Waals surface area contributed by atoms with Crippen LogP contribution < -0.4 is 0 Å². The van der Waals surface area contributed by atoms with Gasteiger partial charge in [-0.1, -0.05) is 19.1 Å². The van der Waals surface area contributed by atoms with Crippen LogP contribution in [0.15, 0.2) is 29.2 Å².